The monoisotopic (exact) mass is 560 g/mol. The zero-order valence-electron chi connectivity index (χ0n) is 22.0. The molecule has 0 radical (unpaired) electrons. The second-order valence-electron chi connectivity index (χ2n) is 9.45. The molecule has 1 fully saturated rings. The number of amides is 1. The van der Waals surface area contributed by atoms with Crippen molar-refractivity contribution >= 4 is 17.5 Å². The van der Waals surface area contributed by atoms with Gasteiger partial charge in [-0.2, -0.15) is 23.0 Å². The Morgan fingerprint density at radius 1 is 1.05 bits per heavy atom. The number of anilines is 2. The van der Waals surface area contributed by atoms with Crippen LogP contribution in [0.4, 0.5) is 29.3 Å². The van der Waals surface area contributed by atoms with Gasteiger partial charge in [-0.05, 0) is 43.2 Å². The summed E-state index contributed by atoms with van der Waals surface area (Å²) >= 11 is 0. The third-order valence-corrected chi connectivity index (χ3v) is 7.09. The number of fused-ring (bicyclic) bond motifs is 1. The van der Waals surface area contributed by atoms with E-state index in [1.165, 1.54) is 26.4 Å². The number of benzene rings is 2. The SMILES string of the molecule is COC(=O)N1CCc2c(-c3cc(OC)cc(OC)c3)nn(-c3cc(N4CC[C@H](O)C4)ccc3C(F)(F)F)c(=O)c21. The van der Waals surface area contributed by atoms with Gasteiger partial charge in [0.1, 0.15) is 17.2 Å². The molecular formula is C27H27F3N4O6. The maximum absolute atomic E-state index is 14.3. The number of hydrogen-bond acceptors (Lipinski definition) is 8. The standard InChI is InChI=1S/C27H27F3N4O6/c1-38-18-10-15(11-19(13-18)39-2)23-20-7-9-33(26(37)40-3)24(20)25(36)34(31-23)22-12-16(32-8-6-17(35)14-32)4-5-21(22)27(28,29)30/h4-5,10-13,17,35H,6-9,14H2,1-3H3/t17-/m0/s1. The van der Waals surface area contributed by atoms with Crippen LogP contribution in [0.15, 0.2) is 41.2 Å². The predicted octanol–water partition coefficient (Wildman–Crippen LogP) is 3.64. The summed E-state index contributed by atoms with van der Waals surface area (Å²) < 4.78 is 59.1. The fourth-order valence-corrected chi connectivity index (χ4v) is 5.14. The van der Waals surface area contributed by atoms with Crippen molar-refractivity contribution < 1.29 is 37.3 Å². The van der Waals surface area contributed by atoms with Gasteiger partial charge < -0.3 is 24.2 Å². The number of hydrogen-bond donors (Lipinski definition) is 1. The third kappa shape index (κ3) is 4.81. The topological polar surface area (TPSA) is 106 Å². The minimum Gasteiger partial charge on any atom is -0.497 e. The first kappa shape index (κ1) is 27.3. The summed E-state index contributed by atoms with van der Waals surface area (Å²) in [6, 6.07) is 8.28. The second-order valence-corrected chi connectivity index (χ2v) is 9.45. The minimum absolute atomic E-state index is 0.0783. The number of halogens is 3. The average molecular weight is 561 g/mol. The van der Waals surface area contributed by atoms with Crippen molar-refractivity contribution in [3.63, 3.8) is 0 Å². The van der Waals surface area contributed by atoms with Gasteiger partial charge in [-0.15, -0.1) is 0 Å². The molecule has 3 aromatic rings. The van der Waals surface area contributed by atoms with Crippen LogP contribution in [0.5, 0.6) is 11.5 Å². The number of ether oxygens (including phenoxy) is 3. The molecule has 0 bridgehead atoms. The lowest BCUT2D eigenvalue weighted by atomic mass is 10.0. The molecule has 10 nitrogen and oxygen atoms in total. The molecular weight excluding hydrogens is 533 g/mol. The maximum atomic E-state index is 14.3. The molecule has 2 aliphatic rings. The highest BCUT2D eigenvalue weighted by Gasteiger charge is 2.38. The van der Waals surface area contributed by atoms with E-state index in [4.69, 9.17) is 14.2 Å². The lowest BCUT2D eigenvalue weighted by molar-refractivity contribution is -0.137. The van der Waals surface area contributed by atoms with Crippen molar-refractivity contribution in [2.75, 3.05) is 50.8 Å². The van der Waals surface area contributed by atoms with Crippen molar-refractivity contribution in [1.29, 1.82) is 0 Å². The number of aliphatic hydroxyl groups excluding tert-OH is 1. The van der Waals surface area contributed by atoms with Crippen LogP contribution < -0.4 is 24.8 Å². The van der Waals surface area contributed by atoms with Gasteiger partial charge in [-0.3, -0.25) is 9.69 Å². The zero-order valence-corrected chi connectivity index (χ0v) is 22.0. The number of nitrogens with zero attached hydrogens (tertiary/aromatic N) is 4. The molecule has 0 unspecified atom stereocenters. The quantitative estimate of drug-likeness (QED) is 0.505. The summed E-state index contributed by atoms with van der Waals surface area (Å²) in [6.45, 7) is 0.751. The van der Waals surface area contributed by atoms with Crippen molar-refractivity contribution in [3.05, 3.63) is 57.9 Å². The summed E-state index contributed by atoms with van der Waals surface area (Å²) in [5, 5.41) is 14.4. The van der Waals surface area contributed by atoms with E-state index in [0.717, 1.165) is 18.1 Å². The number of alkyl halides is 3. The predicted molar refractivity (Wildman–Crippen MR) is 140 cm³/mol. The minimum atomic E-state index is -4.82. The highest BCUT2D eigenvalue weighted by molar-refractivity contribution is 5.92. The van der Waals surface area contributed by atoms with Crippen LogP contribution in [-0.4, -0.2) is 68.0 Å². The van der Waals surface area contributed by atoms with Gasteiger partial charge in [0.2, 0.25) is 0 Å². The fourth-order valence-electron chi connectivity index (χ4n) is 5.14. The van der Waals surface area contributed by atoms with E-state index >= 15 is 0 Å². The van der Waals surface area contributed by atoms with Crippen LogP contribution in [0.2, 0.25) is 0 Å². The van der Waals surface area contributed by atoms with Crippen LogP contribution in [-0.2, 0) is 17.3 Å². The van der Waals surface area contributed by atoms with E-state index in [1.807, 2.05) is 0 Å². The number of rotatable bonds is 5. The van der Waals surface area contributed by atoms with Crippen LogP contribution in [0.1, 0.15) is 17.5 Å². The largest absolute Gasteiger partial charge is 0.497 e. The van der Waals surface area contributed by atoms with Crippen LogP contribution >= 0.6 is 0 Å². The zero-order chi connectivity index (χ0) is 28.8. The molecule has 40 heavy (non-hydrogen) atoms. The molecule has 1 aromatic heterocycles. The molecule has 0 saturated carbocycles. The molecule has 1 saturated heterocycles. The van der Waals surface area contributed by atoms with Gasteiger partial charge in [0.05, 0.1) is 44.4 Å². The highest BCUT2D eigenvalue weighted by Crippen LogP contribution is 2.39. The van der Waals surface area contributed by atoms with Crippen molar-refractivity contribution in [1.82, 2.24) is 9.78 Å². The van der Waals surface area contributed by atoms with Gasteiger partial charge in [0.25, 0.3) is 5.56 Å². The Hall–Kier alpha value is -4.26. The van der Waals surface area contributed by atoms with Gasteiger partial charge in [-0.1, -0.05) is 0 Å². The van der Waals surface area contributed by atoms with E-state index in [0.29, 0.717) is 46.0 Å². The van der Waals surface area contributed by atoms with Crippen LogP contribution in [0, 0.1) is 0 Å². The Kier molecular flexibility index (Phi) is 7.08. The molecule has 212 valence electrons. The van der Waals surface area contributed by atoms with Crippen LogP contribution in [0.3, 0.4) is 0 Å². The highest BCUT2D eigenvalue weighted by atomic mass is 19.4. The molecule has 2 aliphatic heterocycles. The molecule has 1 amide bonds. The molecule has 0 spiro atoms. The maximum Gasteiger partial charge on any atom is 0.418 e. The number of methoxy groups -OCH3 is 3. The Balaban J connectivity index is 1.81. The first-order chi connectivity index (χ1) is 19.0. The van der Waals surface area contributed by atoms with E-state index in [1.54, 1.807) is 23.1 Å². The van der Waals surface area contributed by atoms with Crippen molar-refractivity contribution in [3.8, 4) is 28.4 Å². The Bertz CT molecular complexity index is 1500. The molecule has 1 N–H and O–H groups in total. The smallest absolute Gasteiger partial charge is 0.418 e. The lowest BCUT2D eigenvalue weighted by Gasteiger charge is -2.23. The lowest BCUT2D eigenvalue weighted by Crippen LogP contribution is -2.35. The van der Waals surface area contributed by atoms with E-state index in [-0.39, 0.29) is 30.9 Å². The molecule has 0 aliphatic carbocycles. The van der Waals surface area contributed by atoms with Crippen molar-refractivity contribution in [2.24, 2.45) is 0 Å². The average Bonchev–Trinajstić information content (AvgIpc) is 3.59. The number of aromatic nitrogens is 2. The Morgan fingerprint density at radius 2 is 1.75 bits per heavy atom. The van der Waals surface area contributed by atoms with Gasteiger partial charge in [-0.25, -0.2) is 4.79 Å². The van der Waals surface area contributed by atoms with Gasteiger partial charge >= 0.3 is 12.3 Å². The summed E-state index contributed by atoms with van der Waals surface area (Å²) in [5.74, 6) is 0.798. The number of β-amino-alcohol motifs (C(OH)–C–C–N with tert-alkyl or cyclic N) is 1. The Labute approximate surface area is 227 Å². The number of aliphatic hydroxyl groups is 1. The molecule has 2 aromatic carbocycles. The fraction of sp³-hybridized carbons (Fsp3) is 0.370. The van der Waals surface area contributed by atoms with E-state index in [9.17, 15) is 27.9 Å². The number of carbonyl (C=O) groups is 1. The summed E-state index contributed by atoms with van der Waals surface area (Å²) in [7, 11) is 4.06. The molecule has 13 heteroatoms. The Morgan fingerprint density at radius 3 is 2.33 bits per heavy atom. The third-order valence-electron chi connectivity index (χ3n) is 7.09. The van der Waals surface area contributed by atoms with Crippen molar-refractivity contribution in [2.45, 2.75) is 25.1 Å². The summed E-state index contributed by atoms with van der Waals surface area (Å²) in [6.07, 6.45) is -5.57. The number of carbonyl (C=O) groups excluding carboxylic acids is 1. The summed E-state index contributed by atoms with van der Waals surface area (Å²) in [5.41, 5.74) is -1.23. The molecule has 3 heterocycles. The van der Waals surface area contributed by atoms with Gasteiger partial charge in [0, 0.05) is 42.5 Å². The van der Waals surface area contributed by atoms with Crippen LogP contribution in [0.25, 0.3) is 16.9 Å². The molecule has 1 atom stereocenters. The molecule has 5 rings (SSSR count). The first-order valence-corrected chi connectivity index (χ1v) is 12.5. The summed E-state index contributed by atoms with van der Waals surface area (Å²) in [4.78, 5) is 29.3. The second kappa shape index (κ2) is 10.4. The van der Waals surface area contributed by atoms with Gasteiger partial charge in [0.15, 0.2) is 0 Å². The van der Waals surface area contributed by atoms with E-state index < -0.39 is 35.2 Å². The normalized spacial score (nSPS) is 16.7. The first-order valence-electron chi connectivity index (χ1n) is 12.5. The van der Waals surface area contributed by atoms with E-state index in [2.05, 4.69) is 5.10 Å².